The molecule has 0 aromatic heterocycles. The van der Waals surface area contributed by atoms with Gasteiger partial charge >= 0.3 is 5.97 Å². The summed E-state index contributed by atoms with van der Waals surface area (Å²) in [7, 11) is 0. The molecule has 1 heterocycles. The maximum atomic E-state index is 13.1. The largest absolute Gasteiger partial charge is 0.490 e. The van der Waals surface area contributed by atoms with E-state index in [2.05, 4.69) is 37.0 Å². The number of hydrogen-bond donors (Lipinski definition) is 2. The molecule has 0 unspecified atom stereocenters. The van der Waals surface area contributed by atoms with Crippen LogP contribution in [0.25, 0.3) is 6.08 Å². The molecule has 0 atom stereocenters. The number of benzene rings is 2. The minimum Gasteiger partial charge on any atom is -0.490 e. The second-order valence-electron chi connectivity index (χ2n) is 6.82. The molecule has 0 radical (unpaired) electrons. The summed E-state index contributed by atoms with van der Waals surface area (Å²) in [6.07, 6.45) is 1.65. The zero-order chi connectivity index (χ0) is 24.3. The number of nitrogens with two attached hydrogens (primary N) is 1. The van der Waals surface area contributed by atoms with Gasteiger partial charge in [0.25, 0.3) is 11.8 Å². The number of hydrogen-bond acceptors (Lipinski definition) is 6. The highest BCUT2D eigenvalue weighted by atomic mass is 79.9. The lowest BCUT2D eigenvalue weighted by Gasteiger charge is -2.16. The summed E-state index contributed by atoms with van der Waals surface area (Å²) in [5.74, 6) is -1.40. The highest BCUT2D eigenvalue weighted by molar-refractivity contribution is 9.13. The number of carboxylic acids is 1. The number of hydrazone groups is 1. The van der Waals surface area contributed by atoms with Crippen LogP contribution in [0.4, 0.5) is 5.69 Å². The zero-order valence-corrected chi connectivity index (χ0v) is 20.8. The van der Waals surface area contributed by atoms with Crippen LogP contribution in [0.3, 0.4) is 0 Å². The lowest BCUT2D eigenvalue weighted by molar-refractivity contribution is -0.120. The summed E-state index contributed by atoms with van der Waals surface area (Å²) in [5.41, 5.74) is 7.17. The average molecular weight is 581 g/mol. The lowest BCUT2D eigenvalue weighted by atomic mass is 10.1. The molecular weight excluding hydrogens is 562 g/mol. The van der Waals surface area contributed by atoms with Gasteiger partial charge in [0.05, 0.1) is 33.6 Å². The molecule has 0 saturated heterocycles. The maximum Gasteiger partial charge on any atom is 0.335 e. The Kier molecular flexibility index (Phi) is 7.54. The van der Waals surface area contributed by atoms with Gasteiger partial charge in [0.15, 0.2) is 18.1 Å². The summed E-state index contributed by atoms with van der Waals surface area (Å²) in [5, 5.41) is 14.6. The molecule has 172 valence electrons. The number of carbonyl (C=O) groups is 3. The molecule has 1 aliphatic heterocycles. The Balaban J connectivity index is 1.98. The van der Waals surface area contributed by atoms with Gasteiger partial charge in [-0.05, 0) is 87.7 Å². The number of primary amides is 1. The van der Waals surface area contributed by atoms with Crippen LogP contribution in [-0.2, 0) is 9.59 Å². The van der Waals surface area contributed by atoms with E-state index < -0.39 is 11.9 Å². The number of aromatic carboxylic acids is 1. The van der Waals surface area contributed by atoms with Gasteiger partial charge in [0, 0.05) is 4.47 Å². The van der Waals surface area contributed by atoms with E-state index in [4.69, 9.17) is 20.3 Å². The Morgan fingerprint density at radius 2 is 1.85 bits per heavy atom. The first-order chi connectivity index (χ1) is 15.6. The summed E-state index contributed by atoms with van der Waals surface area (Å²) in [6, 6.07) is 7.53. The van der Waals surface area contributed by atoms with Crippen LogP contribution >= 0.6 is 31.9 Å². The van der Waals surface area contributed by atoms with E-state index in [-0.39, 0.29) is 18.1 Å². The van der Waals surface area contributed by atoms with Crippen molar-refractivity contribution in [1.29, 1.82) is 0 Å². The molecule has 0 saturated carbocycles. The molecule has 2 amide bonds. The minimum atomic E-state index is -1.06. The summed E-state index contributed by atoms with van der Waals surface area (Å²) >= 11 is 6.93. The minimum absolute atomic E-state index is 0.109. The Hall–Kier alpha value is -3.18. The third kappa shape index (κ3) is 5.25. The quantitative estimate of drug-likeness (QED) is 0.454. The van der Waals surface area contributed by atoms with Crippen molar-refractivity contribution >= 4 is 67.1 Å². The SMILES string of the molecule is CCOc1cc(/C=C2\C(=O)N(c3ccc(C(=O)O)cc3)N=C2C)c(Br)c(Br)c1OCC(N)=O. The molecule has 2 aromatic carbocycles. The van der Waals surface area contributed by atoms with Gasteiger partial charge in [0.2, 0.25) is 0 Å². The van der Waals surface area contributed by atoms with Crippen LogP contribution in [0.5, 0.6) is 11.5 Å². The zero-order valence-electron chi connectivity index (χ0n) is 17.6. The number of ether oxygens (including phenoxy) is 2. The van der Waals surface area contributed by atoms with Gasteiger partial charge in [-0.2, -0.15) is 10.1 Å². The van der Waals surface area contributed by atoms with Gasteiger partial charge in [0.1, 0.15) is 0 Å². The van der Waals surface area contributed by atoms with E-state index in [9.17, 15) is 14.4 Å². The van der Waals surface area contributed by atoms with Gasteiger partial charge in [-0.3, -0.25) is 9.59 Å². The van der Waals surface area contributed by atoms with E-state index >= 15 is 0 Å². The molecule has 1 aliphatic rings. The Morgan fingerprint density at radius 1 is 1.18 bits per heavy atom. The molecule has 2 aromatic rings. The third-order valence-electron chi connectivity index (χ3n) is 4.54. The van der Waals surface area contributed by atoms with E-state index in [0.29, 0.717) is 49.6 Å². The number of nitrogens with zero attached hydrogens (tertiary/aromatic N) is 2. The number of carboxylic acid groups (broad SMARTS) is 1. The van der Waals surface area contributed by atoms with Crippen LogP contribution in [0, 0.1) is 0 Å². The fraction of sp³-hybridized carbons (Fsp3) is 0.182. The number of anilines is 1. The van der Waals surface area contributed by atoms with Crippen LogP contribution in [0.15, 0.2) is 50.0 Å². The van der Waals surface area contributed by atoms with Crippen molar-refractivity contribution in [2.24, 2.45) is 10.8 Å². The van der Waals surface area contributed by atoms with Crippen molar-refractivity contribution in [1.82, 2.24) is 0 Å². The third-order valence-corrected chi connectivity index (χ3v) is 6.68. The second kappa shape index (κ2) is 10.2. The fourth-order valence-electron chi connectivity index (χ4n) is 3.01. The molecule has 33 heavy (non-hydrogen) atoms. The Bertz CT molecular complexity index is 1190. The molecule has 11 heteroatoms. The van der Waals surface area contributed by atoms with Crippen molar-refractivity contribution in [3.63, 3.8) is 0 Å². The van der Waals surface area contributed by atoms with Crippen molar-refractivity contribution in [2.45, 2.75) is 13.8 Å². The molecule has 0 spiro atoms. The first-order valence-corrected chi connectivity index (χ1v) is 11.2. The first kappa shape index (κ1) is 24.5. The van der Waals surface area contributed by atoms with E-state index in [1.807, 2.05) is 0 Å². The van der Waals surface area contributed by atoms with Crippen molar-refractivity contribution in [3.8, 4) is 11.5 Å². The summed E-state index contributed by atoms with van der Waals surface area (Å²) in [4.78, 5) is 35.3. The maximum absolute atomic E-state index is 13.1. The van der Waals surface area contributed by atoms with Gasteiger partial charge < -0.3 is 20.3 Å². The fourth-order valence-corrected chi connectivity index (χ4v) is 3.96. The smallest absolute Gasteiger partial charge is 0.335 e. The average Bonchev–Trinajstić information content (AvgIpc) is 3.05. The molecular formula is C22H19Br2N3O6. The van der Waals surface area contributed by atoms with Crippen molar-refractivity contribution in [2.75, 3.05) is 18.2 Å². The summed E-state index contributed by atoms with van der Waals surface area (Å²) < 4.78 is 12.2. The normalized spacial score (nSPS) is 14.4. The molecule has 3 N–H and O–H groups in total. The van der Waals surface area contributed by atoms with Gasteiger partial charge in [-0.1, -0.05) is 0 Å². The highest BCUT2D eigenvalue weighted by Crippen LogP contribution is 2.44. The predicted octanol–water partition coefficient (Wildman–Crippen LogP) is 3.98. The van der Waals surface area contributed by atoms with E-state index in [1.54, 1.807) is 26.0 Å². The molecule has 3 rings (SSSR count). The van der Waals surface area contributed by atoms with Crippen LogP contribution in [0.1, 0.15) is 29.8 Å². The van der Waals surface area contributed by atoms with E-state index in [0.717, 1.165) is 0 Å². The Labute approximate surface area is 206 Å². The Morgan fingerprint density at radius 3 is 2.42 bits per heavy atom. The standard InChI is InChI=1S/C22H19Br2N3O6/c1-3-32-16-9-13(18(23)19(24)20(16)33-10-17(25)28)8-15-11(2)26-27(21(15)29)14-6-4-12(5-7-14)22(30)31/h4-9H,3,10H2,1-2H3,(H2,25,28)(H,30,31)/b15-8-. The molecule has 9 nitrogen and oxygen atoms in total. The van der Waals surface area contributed by atoms with Gasteiger partial charge in [-0.25, -0.2) is 4.79 Å². The molecule has 0 aliphatic carbocycles. The number of amides is 2. The topological polar surface area (TPSA) is 132 Å². The lowest BCUT2D eigenvalue weighted by Crippen LogP contribution is -2.21. The monoisotopic (exact) mass is 579 g/mol. The van der Waals surface area contributed by atoms with Crippen LogP contribution in [0.2, 0.25) is 0 Å². The first-order valence-electron chi connectivity index (χ1n) is 9.65. The molecule has 0 bridgehead atoms. The van der Waals surface area contributed by atoms with Crippen LogP contribution < -0.4 is 20.2 Å². The van der Waals surface area contributed by atoms with E-state index in [1.165, 1.54) is 29.3 Å². The molecule has 0 fully saturated rings. The number of carbonyl (C=O) groups excluding carboxylic acids is 2. The highest BCUT2D eigenvalue weighted by Gasteiger charge is 2.29. The second-order valence-corrected chi connectivity index (χ2v) is 8.41. The predicted molar refractivity (Wildman–Crippen MR) is 130 cm³/mol. The number of halogens is 2. The van der Waals surface area contributed by atoms with Crippen molar-refractivity contribution < 1.29 is 29.0 Å². The van der Waals surface area contributed by atoms with Crippen molar-refractivity contribution in [3.05, 3.63) is 56.0 Å². The van der Waals surface area contributed by atoms with Crippen LogP contribution in [-0.4, -0.2) is 41.8 Å². The summed E-state index contributed by atoms with van der Waals surface area (Å²) in [6.45, 7) is 3.52. The number of rotatable bonds is 8. The van der Waals surface area contributed by atoms with Gasteiger partial charge in [-0.15, -0.1) is 0 Å².